The Labute approximate surface area is 144 Å². The summed E-state index contributed by atoms with van der Waals surface area (Å²) in [6, 6.07) is 8.25. The number of carbonyl (C=O) groups excluding carboxylic acids is 1. The maximum absolute atomic E-state index is 13.0. The summed E-state index contributed by atoms with van der Waals surface area (Å²) >= 11 is 0. The number of piperidine rings is 1. The highest BCUT2D eigenvalue weighted by Gasteiger charge is 2.29. The van der Waals surface area contributed by atoms with Gasteiger partial charge in [-0.2, -0.15) is 0 Å². The lowest BCUT2D eigenvalue weighted by molar-refractivity contribution is 0.0341. The first-order chi connectivity index (χ1) is 11.6. The second-order valence-corrected chi connectivity index (χ2v) is 7.01. The lowest BCUT2D eigenvalue weighted by Crippen LogP contribution is -2.51. The number of hydrogen-bond donors (Lipinski definition) is 1. The van der Waals surface area contributed by atoms with Crippen molar-refractivity contribution in [2.45, 2.75) is 44.8 Å². The standard InChI is InChI=1S/C19H29N3O2/c1-15(20)18-7-2-3-8-22(18)19(23)17-6-4-5-16(13-17)14-21-9-11-24-12-10-21/h4-6,13,15,18H,2-3,7-12,14,20H2,1H3/t15-,18-/m1/s1. The minimum atomic E-state index is 0.0192. The molecular weight excluding hydrogens is 302 g/mol. The van der Waals surface area contributed by atoms with Crippen LogP contribution in [0, 0.1) is 0 Å². The molecule has 2 N–H and O–H groups in total. The molecule has 0 radical (unpaired) electrons. The summed E-state index contributed by atoms with van der Waals surface area (Å²) in [5, 5.41) is 0. The van der Waals surface area contributed by atoms with Crippen molar-refractivity contribution in [1.82, 2.24) is 9.80 Å². The Kier molecular flexibility index (Phi) is 5.87. The fraction of sp³-hybridized carbons (Fsp3) is 0.632. The summed E-state index contributed by atoms with van der Waals surface area (Å²) in [5.74, 6) is 0.126. The molecule has 5 heteroatoms. The van der Waals surface area contributed by atoms with Crippen LogP contribution in [0.25, 0.3) is 0 Å². The molecule has 3 rings (SSSR count). The summed E-state index contributed by atoms with van der Waals surface area (Å²) in [6.07, 6.45) is 3.24. The van der Waals surface area contributed by atoms with E-state index < -0.39 is 0 Å². The number of rotatable bonds is 4. The summed E-state index contributed by atoms with van der Waals surface area (Å²) in [6.45, 7) is 7.20. The molecule has 1 amide bonds. The topological polar surface area (TPSA) is 58.8 Å². The van der Waals surface area contributed by atoms with E-state index in [0.717, 1.165) is 64.2 Å². The number of likely N-dealkylation sites (tertiary alicyclic amines) is 1. The lowest BCUT2D eigenvalue weighted by Gasteiger charge is -2.38. The highest BCUT2D eigenvalue weighted by atomic mass is 16.5. The van der Waals surface area contributed by atoms with E-state index in [1.165, 1.54) is 5.56 Å². The maximum atomic E-state index is 13.0. The second-order valence-electron chi connectivity index (χ2n) is 7.01. The second kappa shape index (κ2) is 8.10. The fourth-order valence-corrected chi connectivity index (χ4v) is 3.74. The average molecular weight is 331 g/mol. The highest BCUT2D eigenvalue weighted by Crippen LogP contribution is 2.22. The molecule has 132 valence electrons. The van der Waals surface area contributed by atoms with Crippen molar-refractivity contribution in [3.63, 3.8) is 0 Å². The first-order valence-corrected chi connectivity index (χ1v) is 9.11. The van der Waals surface area contributed by atoms with Crippen molar-refractivity contribution in [2.24, 2.45) is 5.73 Å². The van der Waals surface area contributed by atoms with Crippen molar-refractivity contribution >= 4 is 5.91 Å². The first kappa shape index (κ1) is 17.4. The predicted molar refractivity (Wildman–Crippen MR) is 94.9 cm³/mol. The maximum Gasteiger partial charge on any atom is 0.254 e. The number of benzene rings is 1. The predicted octanol–water partition coefficient (Wildman–Crippen LogP) is 1.86. The van der Waals surface area contributed by atoms with Gasteiger partial charge >= 0.3 is 0 Å². The van der Waals surface area contributed by atoms with Crippen molar-refractivity contribution in [2.75, 3.05) is 32.8 Å². The normalized spacial score (nSPS) is 23.9. The van der Waals surface area contributed by atoms with Crippen LogP contribution in [-0.4, -0.2) is 60.6 Å². The molecule has 0 saturated carbocycles. The molecule has 2 saturated heterocycles. The fourth-order valence-electron chi connectivity index (χ4n) is 3.74. The van der Waals surface area contributed by atoms with Gasteiger partial charge in [0.25, 0.3) is 5.91 Å². The molecule has 0 aromatic heterocycles. The van der Waals surface area contributed by atoms with Crippen LogP contribution in [-0.2, 0) is 11.3 Å². The van der Waals surface area contributed by atoms with Crippen molar-refractivity contribution < 1.29 is 9.53 Å². The van der Waals surface area contributed by atoms with Gasteiger partial charge in [0.05, 0.1) is 13.2 Å². The van der Waals surface area contributed by atoms with E-state index in [4.69, 9.17) is 10.5 Å². The molecule has 1 aromatic carbocycles. The van der Waals surface area contributed by atoms with E-state index in [1.54, 1.807) is 0 Å². The van der Waals surface area contributed by atoms with Crippen LogP contribution in [0.1, 0.15) is 42.1 Å². The summed E-state index contributed by atoms with van der Waals surface area (Å²) in [7, 11) is 0. The summed E-state index contributed by atoms with van der Waals surface area (Å²) in [4.78, 5) is 17.4. The lowest BCUT2D eigenvalue weighted by atomic mass is 9.95. The minimum Gasteiger partial charge on any atom is -0.379 e. The van der Waals surface area contributed by atoms with Crippen LogP contribution < -0.4 is 5.73 Å². The van der Waals surface area contributed by atoms with Gasteiger partial charge in [0.15, 0.2) is 0 Å². The number of amides is 1. The Hall–Kier alpha value is -1.43. The minimum absolute atomic E-state index is 0.0192. The quantitative estimate of drug-likeness (QED) is 0.915. The SMILES string of the molecule is C[C@@H](N)[C@H]1CCCCN1C(=O)c1cccc(CN2CCOCC2)c1. The number of carbonyl (C=O) groups is 1. The number of morpholine rings is 1. The van der Waals surface area contributed by atoms with Crippen molar-refractivity contribution in [3.8, 4) is 0 Å². The molecule has 2 fully saturated rings. The smallest absolute Gasteiger partial charge is 0.254 e. The molecule has 2 heterocycles. The third-order valence-corrected chi connectivity index (χ3v) is 5.10. The van der Waals surface area contributed by atoms with Crippen LogP contribution in [0.4, 0.5) is 0 Å². The average Bonchev–Trinajstić information content (AvgIpc) is 2.62. The van der Waals surface area contributed by atoms with Gasteiger partial charge in [-0.15, -0.1) is 0 Å². The third-order valence-electron chi connectivity index (χ3n) is 5.10. The Morgan fingerprint density at radius 3 is 2.83 bits per heavy atom. The molecule has 2 atom stereocenters. The zero-order chi connectivity index (χ0) is 16.9. The van der Waals surface area contributed by atoms with E-state index in [0.29, 0.717) is 0 Å². The highest BCUT2D eigenvalue weighted by molar-refractivity contribution is 5.94. The third kappa shape index (κ3) is 4.15. The van der Waals surface area contributed by atoms with Crippen LogP contribution >= 0.6 is 0 Å². The first-order valence-electron chi connectivity index (χ1n) is 9.11. The monoisotopic (exact) mass is 331 g/mol. The van der Waals surface area contributed by atoms with Gasteiger partial charge in [-0.05, 0) is 43.9 Å². The van der Waals surface area contributed by atoms with Crippen LogP contribution in [0.2, 0.25) is 0 Å². The van der Waals surface area contributed by atoms with E-state index in [2.05, 4.69) is 11.0 Å². The Morgan fingerprint density at radius 2 is 2.08 bits per heavy atom. The summed E-state index contributed by atoms with van der Waals surface area (Å²) < 4.78 is 5.40. The van der Waals surface area contributed by atoms with Gasteiger partial charge in [0.2, 0.25) is 0 Å². The molecule has 24 heavy (non-hydrogen) atoms. The van der Waals surface area contributed by atoms with Gasteiger partial charge in [-0.1, -0.05) is 12.1 Å². The number of hydrogen-bond acceptors (Lipinski definition) is 4. The van der Waals surface area contributed by atoms with Gasteiger partial charge in [0.1, 0.15) is 0 Å². The molecule has 2 aliphatic heterocycles. The van der Waals surface area contributed by atoms with Crippen molar-refractivity contribution in [1.29, 1.82) is 0 Å². The number of nitrogens with zero attached hydrogens (tertiary/aromatic N) is 2. The van der Waals surface area contributed by atoms with E-state index in [-0.39, 0.29) is 18.0 Å². The van der Waals surface area contributed by atoms with E-state index >= 15 is 0 Å². The van der Waals surface area contributed by atoms with Gasteiger partial charge in [-0.25, -0.2) is 0 Å². The van der Waals surface area contributed by atoms with Gasteiger partial charge in [-0.3, -0.25) is 9.69 Å². The Balaban J connectivity index is 1.71. The van der Waals surface area contributed by atoms with E-state index in [1.807, 2.05) is 30.0 Å². The van der Waals surface area contributed by atoms with E-state index in [9.17, 15) is 4.79 Å². The van der Waals surface area contributed by atoms with Crippen molar-refractivity contribution in [3.05, 3.63) is 35.4 Å². The molecule has 0 spiro atoms. The molecule has 0 aliphatic carbocycles. The molecule has 2 aliphatic rings. The zero-order valence-electron chi connectivity index (χ0n) is 14.6. The largest absolute Gasteiger partial charge is 0.379 e. The Morgan fingerprint density at radius 1 is 1.29 bits per heavy atom. The molecule has 1 aromatic rings. The molecule has 0 unspecified atom stereocenters. The van der Waals surface area contributed by atoms with Crippen LogP contribution in [0.3, 0.4) is 0 Å². The van der Waals surface area contributed by atoms with Crippen LogP contribution in [0.15, 0.2) is 24.3 Å². The van der Waals surface area contributed by atoms with Crippen LogP contribution in [0.5, 0.6) is 0 Å². The Bertz CT molecular complexity index is 555. The summed E-state index contributed by atoms with van der Waals surface area (Å²) in [5.41, 5.74) is 8.09. The van der Waals surface area contributed by atoms with Gasteiger partial charge < -0.3 is 15.4 Å². The van der Waals surface area contributed by atoms with Gasteiger partial charge in [0, 0.05) is 43.8 Å². The number of nitrogens with two attached hydrogens (primary N) is 1. The molecule has 5 nitrogen and oxygen atoms in total. The number of ether oxygens (including phenoxy) is 1. The molecule has 0 bridgehead atoms. The molecular formula is C19H29N3O2. The zero-order valence-corrected chi connectivity index (χ0v) is 14.6.